The van der Waals surface area contributed by atoms with Gasteiger partial charge in [-0.25, -0.2) is 0 Å². The van der Waals surface area contributed by atoms with E-state index in [1.54, 1.807) is 6.07 Å². The fourth-order valence-electron chi connectivity index (χ4n) is 6.67. The molecule has 3 heterocycles. The summed E-state index contributed by atoms with van der Waals surface area (Å²) >= 11 is 0. The molecule has 0 radical (unpaired) electrons. The van der Waals surface area contributed by atoms with Crippen molar-refractivity contribution >= 4 is 17.0 Å². The molecular formula is C28H27F3N6O. The lowest BCUT2D eigenvalue weighted by atomic mass is 9.73. The smallest absolute Gasteiger partial charge is 0.342 e. The number of fused-ring (bicyclic) bond motifs is 2. The molecule has 4 N–H and O–H groups in total. The molecule has 38 heavy (non-hydrogen) atoms. The first-order valence-corrected chi connectivity index (χ1v) is 13.0. The molecule has 7 rings (SSSR count). The summed E-state index contributed by atoms with van der Waals surface area (Å²) in [6.45, 7) is 1.43. The maximum atomic E-state index is 13.3. The quantitative estimate of drug-likeness (QED) is 0.367. The maximum absolute atomic E-state index is 13.3. The Bertz CT molecular complexity index is 1610. The first kappa shape index (κ1) is 23.5. The Kier molecular flexibility index (Phi) is 4.89. The largest absolute Gasteiger partial charge is 0.416 e. The summed E-state index contributed by atoms with van der Waals surface area (Å²) in [6.07, 6.45) is -0.470. The molecule has 1 aliphatic heterocycles. The zero-order chi connectivity index (χ0) is 26.3. The zero-order valence-electron chi connectivity index (χ0n) is 20.6. The third-order valence-corrected chi connectivity index (χ3v) is 9.01. The number of benzene rings is 2. The lowest BCUT2D eigenvalue weighted by molar-refractivity contribution is -0.137. The summed E-state index contributed by atoms with van der Waals surface area (Å²) in [5, 5.41) is 7.61. The number of hydrogen-bond acceptors (Lipinski definition) is 5. The van der Waals surface area contributed by atoms with Crippen LogP contribution in [-0.4, -0.2) is 33.3 Å². The van der Waals surface area contributed by atoms with Crippen LogP contribution >= 0.6 is 0 Å². The number of piperidine rings is 1. The van der Waals surface area contributed by atoms with E-state index in [9.17, 15) is 18.0 Å². The second-order valence-corrected chi connectivity index (χ2v) is 11.0. The minimum Gasteiger partial charge on any atom is -0.342 e. The Morgan fingerprint density at radius 1 is 1.03 bits per heavy atom. The summed E-state index contributed by atoms with van der Waals surface area (Å²) in [6, 6.07) is 13.7. The molecule has 1 spiro atoms. The highest BCUT2D eigenvalue weighted by Crippen LogP contribution is 2.55. The van der Waals surface area contributed by atoms with Crippen molar-refractivity contribution in [3.8, 4) is 0 Å². The second kappa shape index (κ2) is 7.92. The molecule has 1 saturated carbocycles. The lowest BCUT2D eigenvalue weighted by Gasteiger charge is -2.42. The Labute approximate surface area is 216 Å². The zero-order valence-corrected chi connectivity index (χ0v) is 20.6. The molecule has 2 aromatic carbocycles. The van der Waals surface area contributed by atoms with E-state index in [1.807, 2.05) is 6.07 Å². The molecule has 7 nitrogen and oxygen atoms in total. The predicted molar refractivity (Wildman–Crippen MR) is 137 cm³/mol. The van der Waals surface area contributed by atoms with Gasteiger partial charge in [-0.2, -0.15) is 23.3 Å². The van der Waals surface area contributed by atoms with Crippen molar-refractivity contribution < 1.29 is 13.2 Å². The van der Waals surface area contributed by atoms with E-state index in [-0.39, 0.29) is 17.0 Å². The highest BCUT2D eigenvalue weighted by Gasteiger charge is 2.50. The highest BCUT2D eigenvalue weighted by molar-refractivity contribution is 5.80. The lowest BCUT2D eigenvalue weighted by Crippen LogP contribution is -2.45. The number of aromatic nitrogens is 4. The van der Waals surface area contributed by atoms with Crippen LogP contribution in [0.5, 0.6) is 0 Å². The molecule has 1 saturated heterocycles. The van der Waals surface area contributed by atoms with Crippen molar-refractivity contribution in [1.29, 1.82) is 0 Å². The van der Waals surface area contributed by atoms with E-state index in [0.29, 0.717) is 54.2 Å². The Morgan fingerprint density at radius 2 is 1.79 bits per heavy atom. The van der Waals surface area contributed by atoms with Crippen molar-refractivity contribution in [1.82, 2.24) is 20.2 Å². The highest BCUT2D eigenvalue weighted by atomic mass is 19.4. The van der Waals surface area contributed by atoms with Crippen LogP contribution in [0.1, 0.15) is 59.7 Å². The average Bonchev–Trinajstić information content (AvgIpc) is 3.52. The second-order valence-electron chi connectivity index (χ2n) is 11.0. The third-order valence-electron chi connectivity index (χ3n) is 9.01. The van der Waals surface area contributed by atoms with Crippen molar-refractivity contribution in [3.63, 3.8) is 0 Å². The normalized spacial score (nSPS) is 21.7. The van der Waals surface area contributed by atoms with Gasteiger partial charge in [0.25, 0.3) is 5.56 Å². The number of hydrogen-bond donors (Lipinski definition) is 3. The first-order chi connectivity index (χ1) is 18.2. The van der Waals surface area contributed by atoms with Gasteiger partial charge in [0.05, 0.1) is 11.3 Å². The van der Waals surface area contributed by atoms with Gasteiger partial charge in [-0.05, 0) is 60.3 Å². The summed E-state index contributed by atoms with van der Waals surface area (Å²) < 4.78 is 40.0. The van der Waals surface area contributed by atoms with Crippen LogP contribution in [-0.2, 0) is 18.0 Å². The molecule has 10 heteroatoms. The van der Waals surface area contributed by atoms with Gasteiger partial charge in [-0.15, -0.1) is 0 Å². The van der Waals surface area contributed by atoms with Gasteiger partial charge < -0.3 is 10.6 Å². The van der Waals surface area contributed by atoms with Crippen LogP contribution < -0.4 is 16.2 Å². The molecule has 0 bridgehead atoms. The number of rotatable bonds is 3. The van der Waals surface area contributed by atoms with E-state index in [2.05, 4.69) is 43.3 Å². The first-order valence-electron chi connectivity index (χ1n) is 13.0. The summed E-state index contributed by atoms with van der Waals surface area (Å²) in [4.78, 5) is 23.0. The van der Waals surface area contributed by atoms with Crippen LogP contribution in [0.4, 0.5) is 19.1 Å². The van der Waals surface area contributed by atoms with Gasteiger partial charge in [0.1, 0.15) is 5.39 Å². The average molecular weight is 521 g/mol. The summed E-state index contributed by atoms with van der Waals surface area (Å²) in [7, 11) is 0. The van der Waals surface area contributed by atoms with E-state index in [1.165, 1.54) is 23.3 Å². The fourth-order valence-corrected chi connectivity index (χ4v) is 6.67. The molecule has 3 aliphatic rings. The van der Waals surface area contributed by atoms with Gasteiger partial charge >= 0.3 is 6.18 Å². The molecule has 196 valence electrons. The number of nitrogens with one attached hydrogen (secondary N) is 2. The van der Waals surface area contributed by atoms with Crippen molar-refractivity contribution in [2.75, 3.05) is 18.0 Å². The summed E-state index contributed by atoms with van der Waals surface area (Å²) in [5.74, 6) is 0.473. The number of nitrogens with two attached hydrogens (primary N) is 1. The molecule has 2 aliphatic carbocycles. The topological polar surface area (TPSA) is 104 Å². The van der Waals surface area contributed by atoms with Gasteiger partial charge in [0, 0.05) is 24.5 Å². The molecule has 2 fully saturated rings. The third kappa shape index (κ3) is 3.42. The van der Waals surface area contributed by atoms with E-state index < -0.39 is 17.2 Å². The standard InChI is InChI=1S/C28H27F3N6O/c29-28(30,31)18-6-3-5-17(14-18)27(8-9-27)22-20-23(36-35-22)33-25(34-24(20)38)37-12-10-26(11-13-37)15-16-4-1-2-7-19(16)21(26)32/h1-7,14,21H,8-13,15,32H2,(H2,33,34,35,36,38)/t21-/m1/s1. The van der Waals surface area contributed by atoms with Crippen LogP contribution in [0.2, 0.25) is 0 Å². The number of H-pyrrole nitrogens is 2. The van der Waals surface area contributed by atoms with Crippen LogP contribution in [0, 0.1) is 5.41 Å². The maximum Gasteiger partial charge on any atom is 0.416 e. The molecule has 0 amide bonds. The van der Waals surface area contributed by atoms with Crippen LogP contribution in [0.25, 0.3) is 11.0 Å². The minimum atomic E-state index is -4.44. The van der Waals surface area contributed by atoms with Crippen LogP contribution in [0.15, 0.2) is 53.3 Å². The van der Waals surface area contributed by atoms with E-state index in [0.717, 1.165) is 25.3 Å². The van der Waals surface area contributed by atoms with E-state index >= 15 is 0 Å². The number of aromatic amines is 2. The Morgan fingerprint density at radius 3 is 2.50 bits per heavy atom. The monoisotopic (exact) mass is 520 g/mol. The minimum absolute atomic E-state index is 0.00363. The number of nitrogens with zero attached hydrogens (tertiary/aromatic N) is 3. The Balaban J connectivity index is 1.17. The van der Waals surface area contributed by atoms with Gasteiger partial charge in [-0.3, -0.25) is 14.9 Å². The van der Waals surface area contributed by atoms with Gasteiger partial charge in [0.2, 0.25) is 5.95 Å². The van der Waals surface area contributed by atoms with E-state index in [4.69, 9.17) is 5.73 Å². The van der Waals surface area contributed by atoms with Crippen molar-refractivity contribution in [2.24, 2.45) is 11.1 Å². The van der Waals surface area contributed by atoms with Crippen molar-refractivity contribution in [2.45, 2.75) is 49.7 Å². The van der Waals surface area contributed by atoms with Crippen molar-refractivity contribution in [3.05, 3.63) is 86.8 Å². The molecule has 4 aromatic rings. The van der Waals surface area contributed by atoms with Crippen LogP contribution in [0.3, 0.4) is 0 Å². The number of halogens is 3. The molecule has 1 atom stereocenters. The molecule has 2 aromatic heterocycles. The van der Waals surface area contributed by atoms with Gasteiger partial charge in [0.15, 0.2) is 5.65 Å². The summed E-state index contributed by atoms with van der Waals surface area (Å²) in [5.41, 5.74) is 8.82. The SMILES string of the molecule is N[C@@H]1c2ccccc2CC12CCN(c1nc3[nH]nc(C4(c5cccc(C(F)(F)F)c5)CC4)c3c(=O)[nH]1)CC2. The number of anilines is 1. The fraction of sp³-hybridized carbons (Fsp3) is 0.393. The number of alkyl halides is 3. The Hall–Kier alpha value is -3.66. The molecular weight excluding hydrogens is 493 g/mol. The van der Waals surface area contributed by atoms with Gasteiger partial charge in [-0.1, -0.05) is 42.5 Å². The predicted octanol–water partition coefficient (Wildman–Crippen LogP) is 4.59. The molecule has 0 unspecified atom stereocenters.